The fourth-order valence-corrected chi connectivity index (χ4v) is 3.49. The van der Waals surface area contributed by atoms with E-state index in [2.05, 4.69) is 0 Å². The van der Waals surface area contributed by atoms with Crippen LogP contribution in [0.5, 0.6) is 0 Å². The zero-order valence-corrected chi connectivity index (χ0v) is 13.0. The first-order valence-electron chi connectivity index (χ1n) is 8.19. The summed E-state index contributed by atoms with van der Waals surface area (Å²) in [4.78, 5) is 0. The lowest BCUT2D eigenvalue weighted by atomic mass is 9.94. The van der Waals surface area contributed by atoms with Crippen molar-refractivity contribution >= 4 is 0 Å². The van der Waals surface area contributed by atoms with E-state index >= 15 is 0 Å². The topological polar surface area (TPSA) is 64.7 Å². The molecule has 4 nitrogen and oxygen atoms in total. The number of aliphatic hydroxyl groups excluding tert-OH is 1. The first-order chi connectivity index (χ1) is 11.0. The van der Waals surface area contributed by atoms with Gasteiger partial charge in [-0.15, -0.1) is 0 Å². The zero-order valence-electron chi connectivity index (χ0n) is 13.0. The molecule has 2 fully saturated rings. The van der Waals surface area contributed by atoms with Crippen LogP contribution >= 0.6 is 0 Å². The molecule has 1 aliphatic carbocycles. The van der Waals surface area contributed by atoms with Crippen molar-refractivity contribution in [3.8, 4) is 0 Å². The lowest BCUT2D eigenvalue weighted by Gasteiger charge is -2.32. The van der Waals surface area contributed by atoms with E-state index in [0.717, 1.165) is 43.9 Å². The molecule has 0 bridgehead atoms. The molecule has 3 rings (SSSR count). The van der Waals surface area contributed by atoms with Gasteiger partial charge in [0.1, 0.15) is 11.6 Å². The van der Waals surface area contributed by atoms with Gasteiger partial charge in [0.15, 0.2) is 5.79 Å². The van der Waals surface area contributed by atoms with Crippen LogP contribution in [0.15, 0.2) is 18.2 Å². The Bertz CT molecular complexity index is 549. The summed E-state index contributed by atoms with van der Waals surface area (Å²) in [6.45, 7) is 0.423. The van der Waals surface area contributed by atoms with Crippen molar-refractivity contribution in [2.75, 3.05) is 6.61 Å². The Kier molecular flexibility index (Phi) is 4.96. The van der Waals surface area contributed by atoms with Gasteiger partial charge in [-0.05, 0) is 37.5 Å². The van der Waals surface area contributed by atoms with Crippen LogP contribution in [0.4, 0.5) is 8.78 Å². The van der Waals surface area contributed by atoms with E-state index in [1.165, 1.54) is 6.42 Å². The second kappa shape index (κ2) is 6.81. The molecule has 1 heterocycles. The lowest BCUT2D eigenvalue weighted by molar-refractivity contribution is -0.188. The van der Waals surface area contributed by atoms with Gasteiger partial charge < -0.3 is 20.3 Å². The predicted octanol–water partition coefficient (Wildman–Crippen LogP) is 2.79. The smallest absolute Gasteiger partial charge is 0.168 e. The molecule has 128 valence electrons. The highest BCUT2D eigenvalue weighted by molar-refractivity contribution is 5.22. The number of rotatable bonds is 4. The van der Waals surface area contributed by atoms with Gasteiger partial charge in [0.05, 0.1) is 18.8 Å². The highest BCUT2D eigenvalue weighted by atomic mass is 19.1. The van der Waals surface area contributed by atoms with Gasteiger partial charge in [-0.2, -0.15) is 0 Å². The van der Waals surface area contributed by atoms with E-state index in [-0.39, 0.29) is 11.7 Å². The maximum atomic E-state index is 13.7. The van der Waals surface area contributed by atoms with Gasteiger partial charge in [0.2, 0.25) is 0 Å². The molecule has 1 spiro atoms. The number of benzene rings is 1. The molecule has 0 amide bonds. The van der Waals surface area contributed by atoms with Crippen LogP contribution in [0.3, 0.4) is 0 Å². The Labute approximate surface area is 134 Å². The largest absolute Gasteiger partial charge is 0.387 e. The molecule has 1 saturated carbocycles. The second-order valence-electron chi connectivity index (χ2n) is 6.53. The Morgan fingerprint density at radius 3 is 2.74 bits per heavy atom. The normalized spacial score (nSPS) is 26.3. The van der Waals surface area contributed by atoms with Gasteiger partial charge in [0.25, 0.3) is 0 Å². The minimum absolute atomic E-state index is 0.121. The lowest BCUT2D eigenvalue weighted by Crippen LogP contribution is -2.36. The van der Waals surface area contributed by atoms with Crippen molar-refractivity contribution in [2.45, 2.75) is 62.6 Å². The minimum atomic E-state index is -1.28. The number of aliphatic hydroxyl groups is 1. The van der Waals surface area contributed by atoms with Gasteiger partial charge in [-0.3, -0.25) is 0 Å². The van der Waals surface area contributed by atoms with Crippen molar-refractivity contribution < 1.29 is 23.4 Å². The van der Waals surface area contributed by atoms with E-state index in [1.807, 2.05) is 0 Å². The molecule has 1 aromatic carbocycles. The highest BCUT2D eigenvalue weighted by Crippen LogP contribution is 2.39. The van der Waals surface area contributed by atoms with Crippen LogP contribution in [-0.2, 0) is 9.47 Å². The van der Waals surface area contributed by atoms with E-state index < -0.39 is 29.6 Å². The monoisotopic (exact) mass is 327 g/mol. The summed E-state index contributed by atoms with van der Waals surface area (Å²) in [5, 5.41) is 10.2. The van der Waals surface area contributed by atoms with E-state index in [0.29, 0.717) is 13.0 Å². The van der Waals surface area contributed by atoms with Crippen molar-refractivity contribution in [3.05, 3.63) is 35.4 Å². The number of halogens is 2. The fourth-order valence-electron chi connectivity index (χ4n) is 3.49. The van der Waals surface area contributed by atoms with Crippen molar-refractivity contribution in [1.29, 1.82) is 0 Å². The van der Waals surface area contributed by atoms with Gasteiger partial charge in [-0.1, -0.05) is 6.42 Å². The molecule has 1 unspecified atom stereocenters. The fraction of sp³-hybridized carbons (Fsp3) is 0.647. The molecule has 3 atom stereocenters. The van der Waals surface area contributed by atoms with Crippen molar-refractivity contribution in [2.24, 2.45) is 5.73 Å². The summed E-state index contributed by atoms with van der Waals surface area (Å²) in [5.74, 6) is -1.77. The van der Waals surface area contributed by atoms with E-state index in [9.17, 15) is 13.9 Å². The third-order valence-electron chi connectivity index (χ3n) is 4.75. The number of hydrogen-bond donors (Lipinski definition) is 2. The molecule has 3 N–H and O–H groups in total. The molecular formula is C17H23F2NO3. The van der Waals surface area contributed by atoms with E-state index in [4.69, 9.17) is 15.2 Å². The third-order valence-corrected chi connectivity index (χ3v) is 4.75. The Hall–Kier alpha value is -1.08. The van der Waals surface area contributed by atoms with Crippen LogP contribution in [-0.4, -0.2) is 29.6 Å². The van der Waals surface area contributed by atoms with Crippen molar-refractivity contribution in [3.63, 3.8) is 0 Å². The summed E-state index contributed by atoms with van der Waals surface area (Å²) in [6.07, 6.45) is 3.92. The Morgan fingerprint density at radius 2 is 2.00 bits per heavy atom. The molecule has 2 aliphatic rings. The summed E-state index contributed by atoms with van der Waals surface area (Å²) < 4.78 is 38.8. The van der Waals surface area contributed by atoms with Crippen LogP contribution < -0.4 is 5.73 Å². The van der Waals surface area contributed by atoms with Gasteiger partial charge >= 0.3 is 0 Å². The maximum absolute atomic E-state index is 13.7. The van der Waals surface area contributed by atoms with Gasteiger partial charge in [-0.25, -0.2) is 8.78 Å². The Morgan fingerprint density at radius 1 is 1.26 bits per heavy atom. The molecule has 23 heavy (non-hydrogen) atoms. The van der Waals surface area contributed by atoms with Crippen LogP contribution in [0.1, 0.15) is 50.2 Å². The van der Waals surface area contributed by atoms with Crippen molar-refractivity contribution in [1.82, 2.24) is 0 Å². The first kappa shape index (κ1) is 16.8. The third kappa shape index (κ3) is 3.71. The summed E-state index contributed by atoms with van der Waals surface area (Å²) in [6, 6.07) is 2.23. The second-order valence-corrected chi connectivity index (χ2v) is 6.53. The average Bonchev–Trinajstić information content (AvgIpc) is 2.91. The molecule has 1 saturated heterocycles. The molecule has 0 aromatic heterocycles. The minimum Gasteiger partial charge on any atom is -0.387 e. The maximum Gasteiger partial charge on any atom is 0.168 e. The molecule has 6 heteroatoms. The van der Waals surface area contributed by atoms with Crippen LogP contribution in [0.2, 0.25) is 0 Å². The van der Waals surface area contributed by atoms with Crippen LogP contribution in [0.25, 0.3) is 0 Å². The quantitative estimate of drug-likeness (QED) is 0.892. The molecule has 1 aromatic rings. The molecule has 0 radical (unpaired) electrons. The molecular weight excluding hydrogens is 304 g/mol. The summed E-state index contributed by atoms with van der Waals surface area (Å²) >= 11 is 0. The standard InChI is InChI=1S/C17H23F2NO3/c18-11-4-5-14(19)13(8-11)16(21)15(20)9-12-10-22-17(23-12)6-2-1-3-7-17/h4-5,8,12,15-16,21H,1-3,6-7,9-10,20H2/t12?,15-,16+/m0/s1. The molecule has 1 aliphatic heterocycles. The number of nitrogens with two attached hydrogens (primary N) is 1. The van der Waals surface area contributed by atoms with E-state index in [1.54, 1.807) is 0 Å². The first-order valence-corrected chi connectivity index (χ1v) is 8.19. The highest BCUT2D eigenvalue weighted by Gasteiger charge is 2.43. The summed E-state index contributed by atoms with van der Waals surface area (Å²) in [5.41, 5.74) is 5.87. The SMILES string of the molecule is N[C@@H](CC1COC2(CCCCC2)O1)[C@H](O)c1cc(F)ccc1F. The predicted molar refractivity (Wildman–Crippen MR) is 80.6 cm³/mol. The number of hydrogen-bond acceptors (Lipinski definition) is 4. The van der Waals surface area contributed by atoms with Gasteiger partial charge in [0, 0.05) is 24.4 Å². The summed E-state index contributed by atoms with van der Waals surface area (Å²) in [7, 11) is 0. The average molecular weight is 327 g/mol. The zero-order chi connectivity index (χ0) is 16.4. The Balaban J connectivity index is 1.60. The number of ether oxygens (including phenoxy) is 2. The van der Waals surface area contributed by atoms with Crippen LogP contribution in [0, 0.1) is 11.6 Å².